The van der Waals surface area contributed by atoms with E-state index in [1.165, 1.54) is 0 Å². The van der Waals surface area contributed by atoms with Crippen molar-refractivity contribution < 1.29 is 14.7 Å². The monoisotopic (exact) mass is 281 g/mol. The van der Waals surface area contributed by atoms with E-state index in [0.717, 1.165) is 0 Å². The second-order valence-corrected chi connectivity index (χ2v) is 5.76. The first-order chi connectivity index (χ1) is 9.23. The number of carbonyl (C=O) groups is 2. The summed E-state index contributed by atoms with van der Waals surface area (Å²) >= 11 is 0. The molecule has 0 unspecified atom stereocenters. The summed E-state index contributed by atoms with van der Waals surface area (Å²) in [6.45, 7) is 9.48. The molecule has 0 aliphatic carbocycles. The molecule has 0 bridgehead atoms. The molecule has 0 aliphatic rings. The molecule has 0 aromatic carbocycles. The van der Waals surface area contributed by atoms with Gasteiger partial charge >= 0.3 is 5.97 Å². The number of aromatic amines is 1. The number of aliphatic carboxylic acids is 1. The molecule has 112 valence electrons. The van der Waals surface area contributed by atoms with Gasteiger partial charge < -0.3 is 10.4 Å². The molecule has 20 heavy (non-hydrogen) atoms. The summed E-state index contributed by atoms with van der Waals surface area (Å²) in [6.07, 6.45) is 0.398. The maximum absolute atomic E-state index is 12.3. The second-order valence-electron chi connectivity index (χ2n) is 5.76. The van der Waals surface area contributed by atoms with Gasteiger partial charge in [-0.15, -0.1) is 0 Å². The van der Waals surface area contributed by atoms with Gasteiger partial charge in [0.25, 0.3) is 5.91 Å². The van der Waals surface area contributed by atoms with Crippen LogP contribution in [0.4, 0.5) is 0 Å². The van der Waals surface area contributed by atoms with Gasteiger partial charge in [0.2, 0.25) is 0 Å². The summed E-state index contributed by atoms with van der Waals surface area (Å²) in [6, 6.07) is -0.878. The topological polar surface area (TPSA) is 95.1 Å². The first kappa shape index (κ1) is 16.2. The third-order valence-electron chi connectivity index (χ3n) is 3.06. The van der Waals surface area contributed by atoms with Crippen LogP contribution in [-0.4, -0.2) is 33.2 Å². The third-order valence-corrected chi connectivity index (χ3v) is 3.06. The van der Waals surface area contributed by atoms with Crippen molar-refractivity contribution in [3.05, 3.63) is 17.0 Å². The molecule has 0 radical (unpaired) electrons. The highest BCUT2D eigenvalue weighted by Gasteiger charge is 2.26. The fourth-order valence-electron chi connectivity index (χ4n) is 2.08. The van der Waals surface area contributed by atoms with E-state index in [-0.39, 0.29) is 17.7 Å². The Morgan fingerprint density at radius 3 is 2.35 bits per heavy atom. The smallest absolute Gasteiger partial charge is 0.326 e. The lowest BCUT2D eigenvalue weighted by molar-refractivity contribution is -0.139. The molecule has 6 heteroatoms. The zero-order valence-corrected chi connectivity index (χ0v) is 12.7. The highest BCUT2D eigenvalue weighted by molar-refractivity contribution is 5.98. The van der Waals surface area contributed by atoms with E-state index >= 15 is 0 Å². The van der Waals surface area contributed by atoms with Gasteiger partial charge in [-0.25, -0.2) is 4.79 Å². The van der Waals surface area contributed by atoms with Crippen LogP contribution < -0.4 is 5.32 Å². The summed E-state index contributed by atoms with van der Waals surface area (Å²) < 4.78 is 0. The number of nitrogens with one attached hydrogen (secondary N) is 2. The molecule has 1 aromatic rings. The molecule has 1 aromatic heterocycles. The summed E-state index contributed by atoms with van der Waals surface area (Å²) in [7, 11) is 0. The molecule has 1 atom stereocenters. The predicted molar refractivity (Wildman–Crippen MR) is 75.8 cm³/mol. The summed E-state index contributed by atoms with van der Waals surface area (Å²) in [4.78, 5) is 23.5. The molecule has 6 nitrogen and oxygen atoms in total. The quantitative estimate of drug-likeness (QED) is 0.744. The van der Waals surface area contributed by atoms with Crippen molar-refractivity contribution in [2.75, 3.05) is 0 Å². The molecule has 0 saturated heterocycles. The number of nitrogens with zero attached hydrogens (tertiary/aromatic N) is 1. The van der Waals surface area contributed by atoms with Gasteiger partial charge in [-0.2, -0.15) is 5.10 Å². The van der Waals surface area contributed by atoms with E-state index in [1.54, 1.807) is 6.92 Å². The van der Waals surface area contributed by atoms with E-state index in [1.807, 2.05) is 27.7 Å². The van der Waals surface area contributed by atoms with Crippen molar-refractivity contribution >= 4 is 11.9 Å². The average Bonchev–Trinajstić information content (AvgIpc) is 2.69. The van der Waals surface area contributed by atoms with Crippen LogP contribution in [0, 0.1) is 12.8 Å². The normalized spacial score (nSPS) is 12.8. The summed E-state index contributed by atoms with van der Waals surface area (Å²) in [5.41, 5.74) is 1.77. The van der Waals surface area contributed by atoms with E-state index in [2.05, 4.69) is 15.5 Å². The number of aromatic nitrogens is 2. The maximum atomic E-state index is 12.3. The molecule has 1 heterocycles. The number of carbonyl (C=O) groups excluding carboxylic acids is 1. The zero-order chi connectivity index (χ0) is 15.4. The van der Waals surface area contributed by atoms with E-state index < -0.39 is 12.0 Å². The first-order valence-corrected chi connectivity index (χ1v) is 6.82. The van der Waals surface area contributed by atoms with Gasteiger partial charge in [-0.05, 0) is 25.2 Å². The van der Waals surface area contributed by atoms with Crippen LogP contribution in [0.25, 0.3) is 0 Å². The minimum Gasteiger partial charge on any atom is -0.480 e. The number of carboxylic acids is 1. The SMILES string of the molecule is Cc1[nH]nc(C(C)C)c1C(=O)N[C@H](CC(C)C)C(=O)O. The lowest BCUT2D eigenvalue weighted by Gasteiger charge is -2.17. The Balaban J connectivity index is 2.95. The highest BCUT2D eigenvalue weighted by Crippen LogP contribution is 2.19. The first-order valence-electron chi connectivity index (χ1n) is 6.82. The Kier molecular flexibility index (Phi) is 5.30. The van der Waals surface area contributed by atoms with Crippen molar-refractivity contribution in [2.24, 2.45) is 5.92 Å². The fraction of sp³-hybridized carbons (Fsp3) is 0.643. The largest absolute Gasteiger partial charge is 0.480 e. The lowest BCUT2D eigenvalue weighted by atomic mass is 10.0. The molecule has 0 fully saturated rings. The predicted octanol–water partition coefficient (Wildman–Crippen LogP) is 2.07. The van der Waals surface area contributed by atoms with E-state index in [9.17, 15) is 14.7 Å². The number of hydrogen-bond donors (Lipinski definition) is 3. The van der Waals surface area contributed by atoms with Crippen molar-refractivity contribution in [1.29, 1.82) is 0 Å². The van der Waals surface area contributed by atoms with Gasteiger partial charge in [0.05, 0.1) is 11.3 Å². The van der Waals surface area contributed by atoms with Crippen LogP contribution in [0.5, 0.6) is 0 Å². The Morgan fingerprint density at radius 1 is 1.30 bits per heavy atom. The maximum Gasteiger partial charge on any atom is 0.326 e. The number of hydrogen-bond acceptors (Lipinski definition) is 3. The third kappa shape index (κ3) is 3.82. The fourth-order valence-corrected chi connectivity index (χ4v) is 2.08. The van der Waals surface area contributed by atoms with Crippen molar-refractivity contribution in [1.82, 2.24) is 15.5 Å². The lowest BCUT2D eigenvalue weighted by Crippen LogP contribution is -2.42. The highest BCUT2D eigenvalue weighted by atomic mass is 16.4. The standard InChI is InChI=1S/C14H23N3O3/c1-7(2)6-10(14(19)20)15-13(18)11-9(5)16-17-12(11)8(3)4/h7-8,10H,6H2,1-5H3,(H,15,18)(H,16,17)(H,19,20)/t10-/m1/s1. The summed E-state index contributed by atoms with van der Waals surface area (Å²) in [5, 5.41) is 18.7. The summed E-state index contributed by atoms with van der Waals surface area (Å²) in [5.74, 6) is -1.12. The van der Waals surface area contributed by atoms with Crippen LogP contribution >= 0.6 is 0 Å². The van der Waals surface area contributed by atoms with Crippen molar-refractivity contribution in [3.63, 3.8) is 0 Å². The van der Waals surface area contributed by atoms with E-state index in [4.69, 9.17) is 0 Å². The van der Waals surface area contributed by atoms with Crippen LogP contribution in [0.3, 0.4) is 0 Å². The molecular formula is C14H23N3O3. The van der Waals surface area contributed by atoms with Crippen LogP contribution in [0.1, 0.15) is 61.8 Å². The van der Waals surface area contributed by atoms with Gasteiger partial charge in [-0.1, -0.05) is 27.7 Å². The van der Waals surface area contributed by atoms with Gasteiger partial charge in [0, 0.05) is 5.69 Å². The number of amides is 1. The molecule has 3 N–H and O–H groups in total. The van der Waals surface area contributed by atoms with Crippen LogP contribution in [0.2, 0.25) is 0 Å². The number of rotatable bonds is 6. The average molecular weight is 281 g/mol. The van der Waals surface area contributed by atoms with Crippen molar-refractivity contribution in [3.8, 4) is 0 Å². The molecular weight excluding hydrogens is 258 g/mol. The molecule has 1 amide bonds. The molecule has 0 spiro atoms. The van der Waals surface area contributed by atoms with Gasteiger partial charge in [0.15, 0.2) is 0 Å². The van der Waals surface area contributed by atoms with Gasteiger partial charge in [0.1, 0.15) is 6.04 Å². The Bertz CT molecular complexity index is 492. The Hall–Kier alpha value is -1.85. The molecule has 1 rings (SSSR count). The Labute approximate surface area is 119 Å². The number of H-pyrrole nitrogens is 1. The Morgan fingerprint density at radius 2 is 1.90 bits per heavy atom. The number of carboxylic acid groups (broad SMARTS) is 1. The minimum absolute atomic E-state index is 0.0917. The second kappa shape index (κ2) is 6.54. The molecule has 0 aliphatic heterocycles. The number of aryl methyl sites for hydroxylation is 1. The van der Waals surface area contributed by atoms with Crippen LogP contribution in [-0.2, 0) is 4.79 Å². The van der Waals surface area contributed by atoms with E-state index in [0.29, 0.717) is 23.4 Å². The van der Waals surface area contributed by atoms with Gasteiger partial charge in [-0.3, -0.25) is 9.89 Å². The van der Waals surface area contributed by atoms with Crippen LogP contribution in [0.15, 0.2) is 0 Å². The van der Waals surface area contributed by atoms with Crippen molar-refractivity contribution in [2.45, 2.75) is 53.0 Å². The molecule has 0 saturated carbocycles. The zero-order valence-electron chi connectivity index (χ0n) is 12.7. The minimum atomic E-state index is -1.01.